The van der Waals surface area contributed by atoms with Crippen LogP contribution in [0.4, 0.5) is 5.69 Å². The maximum absolute atomic E-state index is 11.0. The van der Waals surface area contributed by atoms with Crippen LogP contribution in [0.2, 0.25) is 0 Å². The minimum absolute atomic E-state index is 0.0442. The topological polar surface area (TPSA) is 75.4 Å². The van der Waals surface area contributed by atoms with Gasteiger partial charge in [0.15, 0.2) is 0 Å². The molecule has 0 aromatic heterocycles. The molecule has 1 aromatic rings. The van der Waals surface area contributed by atoms with Crippen molar-refractivity contribution in [1.29, 1.82) is 0 Å². The number of aliphatic hydroxyl groups excluding tert-OH is 1. The van der Waals surface area contributed by atoms with Crippen molar-refractivity contribution in [2.24, 2.45) is 5.92 Å². The molecule has 110 valence electrons. The van der Waals surface area contributed by atoms with E-state index in [0.717, 1.165) is 31.4 Å². The fraction of sp³-hybridized carbons (Fsp3) is 0.600. The van der Waals surface area contributed by atoms with Crippen LogP contribution in [0, 0.1) is 23.0 Å². The maximum atomic E-state index is 11.0. The Morgan fingerprint density at radius 3 is 2.85 bits per heavy atom. The summed E-state index contributed by atoms with van der Waals surface area (Å²) in [5.74, 6) is 0.302. The van der Waals surface area contributed by atoms with Crippen molar-refractivity contribution in [2.75, 3.05) is 6.54 Å². The van der Waals surface area contributed by atoms with Crippen molar-refractivity contribution < 1.29 is 10.0 Å². The Kier molecular flexibility index (Phi) is 4.73. The Morgan fingerprint density at radius 2 is 2.25 bits per heavy atom. The number of hydrogen-bond donors (Lipinski definition) is 2. The molecule has 5 heteroatoms. The predicted octanol–water partition coefficient (Wildman–Crippen LogP) is 2.71. The van der Waals surface area contributed by atoms with Gasteiger partial charge in [0.2, 0.25) is 0 Å². The van der Waals surface area contributed by atoms with Gasteiger partial charge >= 0.3 is 0 Å². The highest BCUT2D eigenvalue weighted by molar-refractivity contribution is 5.45. The van der Waals surface area contributed by atoms with E-state index in [1.54, 1.807) is 13.0 Å². The first kappa shape index (κ1) is 14.9. The molecule has 0 saturated heterocycles. The molecule has 5 nitrogen and oxygen atoms in total. The van der Waals surface area contributed by atoms with E-state index in [4.69, 9.17) is 0 Å². The lowest BCUT2D eigenvalue weighted by Crippen LogP contribution is -2.30. The van der Waals surface area contributed by atoms with Gasteiger partial charge in [0.05, 0.1) is 11.0 Å². The van der Waals surface area contributed by atoms with E-state index in [0.29, 0.717) is 11.5 Å². The summed E-state index contributed by atoms with van der Waals surface area (Å²) in [5, 5.41) is 24.2. The van der Waals surface area contributed by atoms with E-state index in [-0.39, 0.29) is 22.8 Å². The first-order valence-electron chi connectivity index (χ1n) is 7.16. The van der Waals surface area contributed by atoms with Crippen LogP contribution in [-0.4, -0.2) is 22.7 Å². The Labute approximate surface area is 119 Å². The van der Waals surface area contributed by atoms with Gasteiger partial charge in [-0.2, -0.15) is 0 Å². The average molecular weight is 278 g/mol. The molecule has 1 aliphatic carbocycles. The van der Waals surface area contributed by atoms with E-state index in [9.17, 15) is 15.2 Å². The molecular formula is C15H22N2O3. The quantitative estimate of drug-likeness (QED) is 0.641. The van der Waals surface area contributed by atoms with Crippen LogP contribution < -0.4 is 5.32 Å². The van der Waals surface area contributed by atoms with E-state index in [1.807, 2.05) is 13.0 Å². The van der Waals surface area contributed by atoms with Gasteiger partial charge in [-0.3, -0.25) is 10.1 Å². The smallest absolute Gasteiger partial charge is 0.272 e. The normalized spacial score (nSPS) is 23.8. The summed E-state index contributed by atoms with van der Waals surface area (Å²) < 4.78 is 0. The number of rotatable bonds is 5. The van der Waals surface area contributed by atoms with E-state index >= 15 is 0 Å². The summed E-state index contributed by atoms with van der Waals surface area (Å²) in [6.07, 6.45) is 2.81. The number of nitrogens with zero attached hydrogens (tertiary/aromatic N) is 1. The van der Waals surface area contributed by atoms with Crippen LogP contribution in [0.5, 0.6) is 0 Å². The minimum atomic E-state index is -0.341. The number of nitro benzene ring substituents is 1. The zero-order chi connectivity index (χ0) is 14.7. The molecule has 0 radical (unpaired) electrons. The second-order valence-electron chi connectivity index (χ2n) is 5.64. The Morgan fingerprint density at radius 1 is 1.50 bits per heavy atom. The van der Waals surface area contributed by atoms with Gasteiger partial charge in [-0.05, 0) is 38.2 Å². The van der Waals surface area contributed by atoms with Crippen molar-refractivity contribution in [3.8, 4) is 0 Å². The highest BCUT2D eigenvalue weighted by atomic mass is 16.6. The molecule has 1 aromatic carbocycles. The van der Waals surface area contributed by atoms with Crippen LogP contribution in [-0.2, 0) is 0 Å². The molecule has 1 aliphatic rings. The molecule has 0 amide bonds. The molecule has 0 heterocycles. The largest absolute Gasteiger partial charge is 0.393 e. The lowest BCUT2D eigenvalue weighted by molar-refractivity contribution is -0.385. The summed E-state index contributed by atoms with van der Waals surface area (Å²) in [7, 11) is 0. The number of benzene rings is 1. The highest BCUT2D eigenvalue weighted by Gasteiger charge is 2.25. The van der Waals surface area contributed by atoms with Gasteiger partial charge in [0.1, 0.15) is 0 Å². The number of aliphatic hydroxyl groups is 1. The fourth-order valence-corrected chi connectivity index (χ4v) is 3.00. The summed E-state index contributed by atoms with van der Waals surface area (Å²) in [6, 6.07) is 5.23. The third-order valence-electron chi connectivity index (χ3n) is 4.32. The lowest BCUT2D eigenvalue weighted by Gasteiger charge is -2.21. The third kappa shape index (κ3) is 3.16. The van der Waals surface area contributed by atoms with E-state index in [1.165, 1.54) is 6.07 Å². The van der Waals surface area contributed by atoms with Crippen LogP contribution in [0.1, 0.15) is 43.4 Å². The average Bonchev–Trinajstić information content (AvgIpc) is 2.81. The molecule has 0 spiro atoms. The molecule has 2 N–H and O–H groups in total. The van der Waals surface area contributed by atoms with Crippen molar-refractivity contribution in [2.45, 2.75) is 45.3 Å². The molecule has 3 atom stereocenters. The first-order chi connectivity index (χ1) is 9.50. The Hall–Kier alpha value is -1.46. The van der Waals surface area contributed by atoms with Crippen molar-refractivity contribution in [3.63, 3.8) is 0 Å². The van der Waals surface area contributed by atoms with E-state index in [2.05, 4.69) is 5.32 Å². The number of hydrogen-bond acceptors (Lipinski definition) is 4. The zero-order valence-corrected chi connectivity index (χ0v) is 12.0. The summed E-state index contributed by atoms with van der Waals surface area (Å²) in [4.78, 5) is 10.6. The minimum Gasteiger partial charge on any atom is -0.393 e. The Balaban J connectivity index is 2.03. The molecule has 2 rings (SSSR count). The SMILES string of the molecule is Cc1c(C(C)NCC2CCCC2O)cccc1[N+](=O)[O-]. The fourth-order valence-electron chi connectivity index (χ4n) is 3.00. The summed E-state index contributed by atoms with van der Waals surface area (Å²) in [5.41, 5.74) is 1.83. The molecule has 0 aliphatic heterocycles. The number of nitrogens with one attached hydrogen (secondary N) is 1. The van der Waals surface area contributed by atoms with Gasteiger partial charge < -0.3 is 10.4 Å². The van der Waals surface area contributed by atoms with Gasteiger partial charge in [0, 0.05) is 24.2 Å². The van der Waals surface area contributed by atoms with Gasteiger partial charge in [-0.1, -0.05) is 18.6 Å². The second-order valence-corrected chi connectivity index (χ2v) is 5.64. The van der Waals surface area contributed by atoms with Crippen LogP contribution in [0.15, 0.2) is 18.2 Å². The lowest BCUT2D eigenvalue weighted by atomic mass is 9.99. The molecular weight excluding hydrogens is 256 g/mol. The van der Waals surface area contributed by atoms with Crippen LogP contribution >= 0.6 is 0 Å². The van der Waals surface area contributed by atoms with Crippen molar-refractivity contribution in [3.05, 3.63) is 39.4 Å². The zero-order valence-electron chi connectivity index (χ0n) is 12.0. The highest BCUT2D eigenvalue weighted by Crippen LogP contribution is 2.28. The molecule has 3 unspecified atom stereocenters. The van der Waals surface area contributed by atoms with Gasteiger partial charge in [0.25, 0.3) is 5.69 Å². The monoisotopic (exact) mass is 278 g/mol. The second kappa shape index (κ2) is 6.33. The van der Waals surface area contributed by atoms with Crippen molar-refractivity contribution in [1.82, 2.24) is 5.32 Å². The van der Waals surface area contributed by atoms with Crippen LogP contribution in [0.3, 0.4) is 0 Å². The predicted molar refractivity (Wildman–Crippen MR) is 77.6 cm³/mol. The molecule has 1 saturated carbocycles. The maximum Gasteiger partial charge on any atom is 0.272 e. The van der Waals surface area contributed by atoms with E-state index < -0.39 is 0 Å². The van der Waals surface area contributed by atoms with Gasteiger partial charge in [-0.25, -0.2) is 0 Å². The van der Waals surface area contributed by atoms with Crippen LogP contribution in [0.25, 0.3) is 0 Å². The molecule has 0 bridgehead atoms. The van der Waals surface area contributed by atoms with Gasteiger partial charge in [-0.15, -0.1) is 0 Å². The Bertz CT molecular complexity index is 490. The molecule has 20 heavy (non-hydrogen) atoms. The summed E-state index contributed by atoms with van der Waals surface area (Å²) in [6.45, 7) is 4.55. The molecule has 1 fully saturated rings. The summed E-state index contributed by atoms with van der Waals surface area (Å²) >= 11 is 0. The third-order valence-corrected chi connectivity index (χ3v) is 4.32. The van der Waals surface area contributed by atoms with Crippen molar-refractivity contribution >= 4 is 5.69 Å². The first-order valence-corrected chi connectivity index (χ1v) is 7.16. The standard InChI is InChI=1S/C15H22N2O3/c1-10-13(6-4-7-14(10)17(19)20)11(2)16-9-12-5-3-8-15(12)18/h4,6-7,11-12,15-16,18H,3,5,8-9H2,1-2H3. The number of nitro groups is 1.